The van der Waals surface area contributed by atoms with Crippen LogP contribution in [0.2, 0.25) is 0 Å². The molecule has 2 heteroatoms. The predicted molar refractivity (Wildman–Crippen MR) is 85.3 cm³/mol. The maximum absolute atomic E-state index is 3.58. The van der Waals surface area contributed by atoms with Crippen LogP contribution in [-0.4, -0.2) is 25.7 Å². The molecule has 0 bridgehead atoms. The molecule has 1 atom stereocenters. The van der Waals surface area contributed by atoms with Crippen LogP contribution in [0.5, 0.6) is 0 Å². The fourth-order valence-electron chi connectivity index (χ4n) is 2.07. The van der Waals surface area contributed by atoms with Crippen molar-refractivity contribution in [3.63, 3.8) is 0 Å². The van der Waals surface area contributed by atoms with Gasteiger partial charge in [0.1, 0.15) is 0 Å². The first-order valence-corrected chi connectivity index (χ1v) is 8.37. The van der Waals surface area contributed by atoms with E-state index >= 15 is 0 Å². The molecule has 0 radical (unpaired) electrons. The molecular weight excluding hydrogens is 220 g/mol. The van der Waals surface area contributed by atoms with E-state index < -0.39 is 0 Å². The van der Waals surface area contributed by atoms with E-state index in [9.17, 15) is 0 Å². The van der Waals surface area contributed by atoms with Gasteiger partial charge < -0.3 is 10.6 Å². The van der Waals surface area contributed by atoms with Crippen LogP contribution in [0.4, 0.5) is 0 Å². The second-order valence-electron chi connectivity index (χ2n) is 4.39. The molecule has 1 aliphatic heterocycles. The number of hydrogen-bond acceptors (Lipinski definition) is 2. The van der Waals surface area contributed by atoms with Gasteiger partial charge in [-0.2, -0.15) is 0 Å². The van der Waals surface area contributed by atoms with Crippen LogP contribution in [-0.2, 0) is 0 Å². The molecule has 0 spiro atoms. The van der Waals surface area contributed by atoms with Crippen molar-refractivity contribution in [2.75, 3.05) is 19.6 Å². The highest BCUT2D eigenvalue weighted by Crippen LogP contribution is 2.08. The summed E-state index contributed by atoms with van der Waals surface area (Å²) in [6, 6.07) is 0.794. The van der Waals surface area contributed by atoms with Crippen LogP contribution < -0.4 is 10.6 Å². The Morgan fingerprint density at radius 1 is 1.00 bits per heavy atom. The highest BCUT2D eigenvalue weighted by molar-refractivity contribution is 4.72. The Kier molecular flexibility index (Phi) is 21.7. The number of piperidine rings is 1. The van der Waals surface area contributed by atoms with E-state index in [0.717, 1.165) is 6.04 Å². The third kappa shape index (κ3) is 14.0. The smallest absolute Gasteiger partial charge is 0.00791 e. The standard InChI is InChI=1S/C12H26N2.2C2H6/c1-2-3-5-9-13-11-8-12-7-4-6-10-14-12;2*1-2/h12-14H,2-11H2,1H3;2*1-2H3. The van der Waals surface area contributed by atoms with Crippen LogP contribution in [0.3, 0.4) is 0 Å². The van der Waals surface area contributed by atoms with Crippen molar-refractivity contribution >= 4 is 0 Å². The largest absolute Gasteiger partial charge is 0.317 e. The van der Waals surface area contributed by atoms with Gasteiger partial charge in [0.2, 0.25) is 0 Å². The lowest BCUT2D eigenvalue weighted by Crippen LogP contribution is -2.36. The van der Waals surface area contributed by atoms with Crippen molar-refractivity contribution < 1.29 is 0 Å². The van der Waals surface area contributed by atoms with E-state index in [1.165, 1.54) is 64.6 Å². The molecule has 0 amide bonds. The summed E-state index contributed by atoms with van der Waals surface area (Å²) in [5.74, 6) is 0. The van der Waals surface area contributed by atoms with Gasteiger partial charge in [-0.05, 0) is 45.3 Å². The molecule has 0 aromatic rings. The molecule has 1 rings (SSSR count). The van der Waals surface area contributed by atoms with Crippen LogP contribution in [0.15, 0.2) is 0 Å². The summed E-state index contributed by atoms with van der Waals surface area (Å²) in [6.07, 6.45) is 9.53. The van der Waals surface area contributed by atoms with Gasteiger partial charge in [-0.15, -0.1) is 0 Å². The first-order chi connectivity index (χ1) is 8.93. The fourth-order valence-corrected chi connectivity index (χ4v) is 2.07. The van der Waals surface area contributed by atoms with Crippen molar-refractivity contribution in [2.24, 2.45) is 0 Å². The van der Waals surface area contributed by atoms with Crippen molar-refractivity contribution in [1.29, 1.82) is 0 Å². The molecule has 1 fully saturated rings. The van der Waals surface area contributed by atoms with Gasteiger partial charge in [0.25, 0.3) is 0 Å². The predicted octanol–water partition coefficient (Wildman–Crippen LogP) is 4.35. The first kappa shape index (κ1) is 20.2. The Morgan fingerprint density at radius 2 is 1.72 bits per heavy atom. The topological polar surface area (TPSA) is 24.1 Å². The van der Waals surface area contributed by atoms with Crippen LogP contribution >= 0.6 is 0 Å². The molecular formula is C16H38N2. The molecule has 1 heterocycles. The molecule has 18 heavy (non-hydrogen) atoms. The Bertz CT molecular complexity index is 120. The lowest BCUT2D eigenvalue weighted by atomic mass is 10.0. The van der Waals surface area contributed by atoms with Crippen molar-refractivity contribution in [3.8, 4) is 0 Å². The minimum Gasteiger partial charge on any atom is -0.317 e. The number of unbranched alkanes of at least 4 members (excludes halogenated alkanes) is 2. The zero-order chi connectivity index (χ0) is 14.1. The van der Waals surface area contributed by atoms with Gasteiger partial charge in [0, 0.05) is 6.04 Å². The molecule has 0 aromatic heterocycles. The van der Waals surface area contributed by atoms with Crippen LogP contribution in [0.1, 0.15) is 79.6 Å². The van der Waals surface area contributed by atoms with Crippen LogP contribution in [0, 0.1) is 0 Å². The quantitative estimate of drug-likeness (QED) is 0.663. The lowest BCUT2D eigenvalue weighted by molar-refractivity contribution is 0.376. The summed E-state index contributed by atoms with van der Waals surface area (Å²) in [5.41, 5.74) is 0. The zero-order valence-corrected chi connectivity index (χ0v) is 13.6. The minimum atomic E-state index is 0.794. The zero-order valence-electron chi connectivity index (χ0n) is 13.6. The molecule has 1 aliphatic rings. The summed E-state index contributed by atoms with van der Waals surface area (Å²) < 4.78 is 0. The van der Waals surface area contributed by atoms with Crippen molar-refractivity contribution in [1.82, 2.24) is 10.6 Å². The Hall–Kier alpha value is -0.0800. The average molecular weight is 258 g/mol. The molecule has 0 aromatic carbocycles. The monoisotopic (exact) mass is 258 g/mol. The summed E-state index contributed by atoms with van der Waals surface area (Å²) >= 11 is 0. The van der Waals surface area contributed by atoms with E-state index in [1.807, 2.05) is 27.7 Å². The highest BCUT2D eigenvalue weighted by atomic mass is 14.9. The number of hydrogen-bond donors (Lipinski definition) is 2. The normalized spacial score (nSPS) is 18.2. The maximum atomic E-state index is 3.58. The van der Waals surface area contributed by atoms with E-state index in [1.54, 1.807) is 0 Å². The Labute approximate surface area is 116 Å². The summed E-state index contributed by atoms with van der Waals surface area (Å²) in [6.45, 7) is 13.9. The molecule has 0 aliphatic carbocycles. The average Bonchev–Trinajstić information content (AvgIpc) is 2.48. The summed E-state index contributed by atoms with van der Waals surface area (Å²) in [5, 5.41) is 7.11. The van der Waals surface area contributed by atoms with E-state index in [4.69, 9.17) is 0 Å². The fraction of sp³-hybridized carbons (Fsp3) is 1.00. The van der Waals surface area contributed by atoms with Gasteiger partial charge in [-0.25, -0.2) is 0 Å². The molecule has 2 N–H and O–H groups in total. The van der Waals surface area contributed by atoms with Crippen molar-refractivity contribution in [3.05, 3.63) is 0 Å². The molecule has 112 valence electrons. The van der Waals surface area contributed by atoms with E-state index in [-0.39, 0.29) is 0 Å². The maximum Gasteiger partial charge on any atom is 0.00791 e. The van der Waals surface area contributed by atoms with Gasteiger partial charge in [-0.1, -0.05) is 53.9 Å². The first-order valence-electron chi connectivity index (χ1n) is 8.37. The third-order valence-electron chi connectivity index (χ3n) is 3.04. The van der Waals surface area contributed by atoms with Gasteiger partial charge in [0.15, 0.2) is 0 Å². The molecule has 1 saturated heterocycles. The van der Waals surface area contributed by atoms with Gasteiger partial charge in [-0.3, -0.25) is 0 Å². The van der Waals surface area contributed by atoms with Gasteiger partial charge >= 0.3 is 0 Å². The summed E-state index contributed by atoms with van der Waals surface area (Å²) in [7, 11) is 0. The minimum absolute atomic E-state index is 0.794. The Morgan fingerprint density at radius 3 is 2.28 bits per heavy atom. The van der Waals surface area contributed by atoms with Crippen LogP contribution in [0.25, 0.3) is 0 Å². The van der Waals surface area contributed by atoms with Crippen molar-refractivity contribution in [2.45, 2.75) is 85.6 Å². The lowest BCUT2D eigenvalue weighted by Gasteiger charge is -2.23. The molecule has 1 unspecified atom stereocenters. The molecule has 2 nitrogen and oxygen atoms in total. The Balaban J connectivity index is 0. The SMILES string of the molecule is CC.CC.CCCCCNCCC1CCCCN1. The second kappa shape index (κ2) is 19.3. The highest BCUT2D eigenvalue weighted by Gasteiger charge is 2.10. The number of rotatable bonds is 7. The third-order valence-corrected chi connectivity index (χ3v) is 3.04. The number of nitrogens with one attached hydrogen (secondary N) is 2. The summed E-state index contributed by atoms with van der Waals surface area (Å²) in [4.78, 5) is 0. The van der Waals surface area contributed by atoms with E-state index in [0.29, 0.717) is 0 Å². The molecule has 0 saturated carbocycles. The second-order valence-corrected chi connectivity index (χ2v) is 4.39. The van der Waals surface area contributed by atoms with Gasteiger partial charge in [0.05, 0.1) is 0 Å². The van der Waals surface area contributed by atoms with E-state index in [2.05, 4.69) is 17.6 Å².